The highest BCUT2D eigenvalue weighted by Crippen LogP contribution is 2.22. The number of benzene rings is 1. The van der Waals surface area contributed by atoms with Gasteiger partial charge in [-0.25, -0.2) is 4.39 Å². The molecule has 2 aliphatic heterocycles. The standard InChI is InChI=1S/C19H20FN3O2/c20-16-1-3-17(4-2-16)23-12-15-11-22(8-6-13(15)9-18(23)24)19(25)14-5-7-21-10-14/h1-4,9,12,14,21H,5-8,10-11H2/t14-/m1/s1. The van der Waals surface area contributed by atoms with Gasteiger partial charge in [-0.2, -0.15) is 0 Å². The predicted molar refractivity (Wildman–Crippen MR) is 92.1 cm³/mol. The van der Waals surface area contributed by atoms with Crippen LogP contribution < -0.4 is 10.9 Å². The van der Waals surface area contributed by atoms with Crippen molar-refractivity contribution in [3.63, 3.8) is 0 Å². The molecule has 0 unspecified atom stereocenters. The van der Waals surface area contributed by atoms with Crippen LogP contribution in [0.5, 0.6) is 0 Å². The number of nitrogens with one attached hydrogen (secondary N) is 1. The highest BCUT2D eigenvalue weighted by atomic mass is 19.1. The maximum atomic E-state index is 13.1. The molecule has 25 heavy (non-hydrogen) atoms. The van der Waals surface area contributed by atoms with Crippen molar-refractivity contribution in [1.29, 1.82) is 0 Å². The summed E-state index contributed by atoms with van der Waals surface area (Å²) in [6, 6.07) is 7.48. The van der Waals surface area contributed by atoms with Gasteiger partial charge in [0, 0.05) is 37.6 Å². The van der Waals surface area contributed by atoms with Crippen LogP contribution in [0.2, 0.25) is 0 Å². The summed E-state index contributed by atoms with van der Waals surface area (Å²) in [6.45, 7) is 2.82. The number of rotatable bonds is 2. The minimum absolute atomic E-state index is 0.0598. The van der Waals surface area contributed by atoms with E-state index in [9.17, 15) is 14.0 Å². The van der Waals surface area contributed by atoms with Crippen LogP contribution in [-0.2, 0) is 17.8 Å². The molecule has 6 heteroatoms. The van der Waals surface area contributed by atoms with Crippen LogP contribution in [0.15, 0.2) is 41.3 Å². The molecule has 0 radical (unpaired) electrons. The third-order valence-corrected chi connectivity index (χ3v) is 5.07. The first-order valence-corrected chi connectivity index (χ1v) is 8.62. The number of fused-ring (bicyclic) bond motifs is 1. The number of hydrogen-bond donors (Lipinski definition) is 1. The minimum atomic E-state index is -0.336. The summed E-state index contributed by atoms with van der Waals surface area (Å²) in [4.78, 5) is 26.9. The van der Waals surface area contributed by atoms with Gasteiger partial charge >= 0.3 is 0 Å². The second-order valence-corrected chi connectivity index (χ2v) is 6.71. The molecule has 4 rings (SSSR count). The van der Waals surface area contributed by atoms with E-state index in [1.165, 1.54) is 16.7 Å². The Labute approximate surface area is 145 Å². The van der Waals surface area contributed by atoms with Crippen LogP contribution in [0.25, 0.3) is 5.69 Å². The Kier molecular flexibility index (Phi) is 4.13. The Hall–Kier alpha value is -2.47. The van der Waals surface area contributed by atoms with E-state index in [0.29, 0.717) is 25.2 Å². The number of carbonyl (C=O) groups excluding carboxylic acids is 1. The largest absolute Gasteiger partial charge is 0.338 e. The van der Waals surface area contributed by atoms with Gasteiger partial charge in [0.1, 0.15) is 5.82 Å². The predicted octanol–water partition coefficient (Wildman–Crippen LogP) is 1.47. The monoisotopic (exact) mass is 341 g/mol. The molecule has 1 N–H and O–H groups in total. The Morgan fingerprint density at radius 1 is 1.20 bits per heavy atom. The lowest BCUT2D eigenvalue weighted by Crippen LogP contribution is -2.41. The molecule has 2 aromatic rings. The maximum Gasteiger partial charge on any atom is 0.255 e. The number of hydrogen-bond acceptors (Lipinski definition) is 3. The molecule has 1 amide bonds. The average Bonchev–Trinajstić information content (AvgIpc) is 3.15. The fraction of sp³-hybridized carbons (Fsp3) is 0.368. The number of carbonyl (C=O) groups is 1. The molecule has 130 valence electrons. The Balaban J connectivity index is 1.63. The summed E-state index contributed by atoms with van der Waals surface area (Å²) in [5, 5.41) is 3.23. The topological polar surface area (TPSA) is 54.3 Å². The van der Waals surface area contributed by atoms with Crippen LogP contribution in [0.3, 0.4) is 0 Å². The van der Waals surface area contributed by atoms with Crippen molar-refractivity contribution in [3.8, 4) is 5.69 Å². The van der Waals surface area contributed by atoms with Crippen LogP contribution in [0.1, 0.15) is 17.5 Å². The van der Waals surface area contributed by atoms with Crippen molar-refractivity contribution in [2.24, 2.45) is 5.92 Å². The summed E-state index contributed by atoms with van der Waals surface area (Å²) in [7, 11) is 0. The van der Waals surface area contributed by atoms with E-state index in [1.54, 1.807) is 24.4 Å². The number of nitrogens with zero attached hydrogens (tertiary/aromatic N) is 2. The van der Waals surface area contributed by atoms with E-state index in [2.05, 4.69) is 5.32 Å². The second-order valence-electron chi connectivity index (χ2n) is 6.71. The van der Waals surface area contributed by atoms with E-state index >= 15 is 0 Å². The van der Waals surface area contributed by atoms with Gasteiger partial charge in [-0.05, 0) is 54.8 Å². The molecule has 1 atom stereocenters. The third-order valence-electron chi connectivity index (χ3n) is 5.07. The zero-order valence-electron chi connectivity index (χ0n) is 13.9. The first-order chi connectivity index (χ1) is 12.1. The van der Waals surface area contributed by atoms with Crippen LogP contribution in [0.4, 0.5) is 4.39 Å². The molecular weight excluding hydrogens is 321 g/mol. The van der Waals surface area contributed by atoms with Gasteiger partial charge in [0.25, 0.3) is 5.56 Å². The van der Waals surface area contributed by atoms with Gasteiger partial charge in [-0.3, -0.25) is 14.2 Å². The van der Waals surface area contributed by atoms with E-state index in [-0.39, 0.29) is 23.2 Å². The van der Waals surface area contributed by atoms with Crippen molar-refractivity contribution in [1.82, 2.24) is 14.8 Å². The first kappa shape index (κ1) is 16.0. The van der Waals surface area contributed by atoms with Crippen molar-refractivity contribution in [2.45, 2.75) is 19.4 Å². The summed E-state index contributed by atoms with van der Waals surface area (Å²) in [5.41, 5.74) is 2.47. The van der Waals surface area contributed by atoms with E-state index in [0.717, 1.165) is 30.6 Å². The highest BCUT2D eigenvalue weighted by molar-refractivity contribution is 5.79. The van der Waals surface area contributed by atoms with Crippen molar-refractivity contribution < 1.29 is 9.18 Å². The molecule has 0 aliphatic carbocycles. The van der Waals surface area contributed by atoms with Crippen LogP contribution in [-0.4, -0.2) is 35.0 Å². The molecule has 0 saturated carbocycles. The smallest absolute Gasteiger partial charge is 0.255 e. The first-order valence-electron chi connectivity index (χ1n) is 8.62. The molecule has 1 saturated heterocycles. The molecule has 5 nitrogen and oxygen atoms in total. The molecule has 0 bridgehead atoms. The molecule has 0 spiro atoms. The Morgan fingerprint density at radius 3 is 2.72 bits per heavy atom. The van der Waals surface area contributed by atoms with Crippen LogP contribution >= 0.6 is 0 Å². The van der Waals surface area contributed by atoms with Gasteiger partial charge < -0.3 is 10.2 Å². The molecule has 3 heterocycles. The number of aromatic nitrogens is 1. The molecule has 1 fully saturated rings. The molecule has 2 aliphatic rings. The summed E-state index contributed by atoms with van der Waals surface area (Å²) in [6.07, 6.45) is 3.37. The fourth-order valence-corrected chi connectivity index (χ4v) is 3.64. The zero-order chi connectivity index (χ0) is 17.4. The highest BCUT2D eigenvalue weighted by Gasteiger charge is 2.29. The van der Waals surface area contributed by atoms with Gasteiger partial charge in [-0.1, -0.05) is 0 Å². The quantitative estimate of drug-likeness (QED) is 0.900. The average molecular weight is 341 g/mol. The van der Waals surface area contributed by atoms with E-state index in [1.807, 2.05) is 4.90 Å². The van der Waals surface area contributed by atoms with Gasteiger partial charge in [-0.15, -0.1) is 0 Å². The number of amides is 1. The molecule has 1 aromatic carbocycles. The molecule has 1 aromatic heterocycles. The lowest BCUT2D eigenvalue weighted by atomic mass is 9.99. The van der Waals surface area contributed by atoms with Crippen molar-refractivity contribution in [2.75, 3.05) is 19.6 Å². The van der Waals surface area contributed by atoms with E-state index < -0.39 is 0 Å². The fourth-order valence-electron chi connectivity index (χ4n) is 3.64. The van der Waals surface area contributed by atoms with Crippen molar-refractivity contribution in [3.05, 3.63) is 63.8 Å². The number of halogens is 1. The maximum absolute atomic E-state index is 13.1. The zero-order valence-corrected chi connectivity index (χ0v) is 13.9. The summed E-state index contributed by atoms with van der Waals surface area (Å²) >= 11 is 0. The van der Waals surface area contributed by atoms with E-state index in [4.69, 9.17) is 0 Å². The SMILES string of the molecule is O=C([C@@H]1CCNC1)N1CCc2cc(=O)n(-c3ccc(F)cc3)cc2C1. The Bertz CT molecular complexity index is 854. The van der Waals surface area contributed by atoms with Crippen LogP contribution in [0, 0.1) is 11.7 Å². The van der Waals surface area contributed by atoms with Gasteiger partial charge in [0.2, 0.25) is 5.91 Å². The lowest BCUT2D eigenvalue weighted by molar-refractivity contribution is -0.135. The number of pyridine rings is 1. The second kappa shape index (κ2) is 6.44. The minimum Gasteiger partial charge on any atom is -0.338 e. The normalized spacial score (nSPS) is 19.7. The molecular formula is C19H20FN3O2. The van der Waals surface area contributed by atoms with Crippen molar-refractivity contribution >= 4 is 5.91 Å². The lowest BCUT2D eigenvalue weighted by Gasteiger charge is -2.31. The van der Waals surface area contributed by atoms with Gasteiger partial charge in [0.05, 0.1) is 5.92 Å². The Morgan fingerprint density at radius 2 is 2.00 bits per heavy atom. The summed E-state index contributed by atoms with van der Waals surface area (Å²) in [5.74, 6) is -0.0866. The third kappa shape index (κ3) is 3.09. The van der Waals surface area contributed by atoms with Gasteiger partial charge in [0.15, 0.2) is 0 Å². The summed E-state index contributed by atoms with van der Waals surface area (Å²) < 4.78 is 14.6.